The lowest BCUT2D eigenvalue weighted by Crippen LogP contribution is -2.21. The summed E-state index contributed by atoms with van der Waals surface area (Å²) in [5, 5.41) is 0. The summed E-state index contributed by atoms with van der Waals surface area (Å²) in [6.45, 7) is 4.39. The molecule has 6 rings (SSSR count). The highest BCUT2D eigenvalue weighted by Gasteiger charge is 2.39. The van der Waals surface area contributed by atoms with E-state index in [0.717, 1.165) is 16.7 Å². The Morgan fingerprint density at radius 1 is 0.765 bits per heavy atom. The average molecular weight is 487 g/mol. The Balaban J connectivity index is 1.60. The van der Waals surface area contributed by atoms with Crippen LogP contribution in [-0.2, 0) is 54.5 Å². The molecule has 34 heavy (non-hydrogen) atoms. The molecule has 0 amide bonds. The molecule has 0 aliphatic carbocycles. The van der Waals surface area contributed by atoms with Crippen LogP contribution < -0.4 is 11.5 Å². The van der Waals surface area contributed by atoms with Crippen LogP contribution in [0.3, 0.4) is 0 Å². The van der Waals surface area contributed by atoms with Crippen molar-refractivity contribution in [2.45, 2.75) is 66.8 Å². The van der Waals surface area contributed by atoms with Crippen LogP contribution >= 0.6 is 0 Å². The van der Waals surface area contributed by atoms with Gasteiger partial charge in [-0.1, -0.05) is 0 Å². The fourth-order valence-corrected chi connectivity index (χ4v) is 6.93. The molecule has 4 atom stereocenters. The first kappa shape index (κ1) is 22.3. The van der Waals surface area contributed by atoms with Crippen molar-refractivity contribution in [3.63, 3.8) is 0 Å². The number of ether oxygens (including phenoxy) is 4. The van der Waals surface area contributed by atoms with E-state index in [9.17, 15) is 8.42 Å². The van der Waals surface area contributed by atoms with Crippen LogP contribution in [0.5, 0.6) is 0 Å². The predicted molar refractivity (Wildman–Crippen MR) is 126 cm³/mol. The minimum absolute atomic E-state index is 0.0130. The zero-order valence-electron chi connectivity index (χ0n) is 19.2. The molecule has 4 saturated heterocycles. The topological polar surface area (TPSA) is 136 Å². The maximum atomic E-state index is 14.3. The van der Waals surface area contributed by atoms with Crippen molar-refractivity contribution in [2.24, 2.45) is 0 Å². The number of benzene rings is 2. The molecular formula is C25H30N2O6S. The van der Waals surface area contributed by atoms with Crippen molar-refractivity contribution in [1.82, 2.24) is 0 Å². The lowest BCUT2D eigenvalue weighted by Gasteiger charge is -2.25. The molecule has 182 valence electrons. The highest BCUT2D eigenvalue weighted by molar-refractivity contribution is 7.91. The molecule has 4 unspecified atom stereocenters. The summed E-state index contributed by atoms with van der Waals surface area (Å²) in [6.07, 6.45) is 2.51. The first-order valence-electron chi connectivity index (χ1n) is 11.8. The number of anilines is 2. The zero-order chi connectivity index (χ0) is 23.6. The zero-order valence-corrected chi connectivity index (χ0v) is 20.0. The molecule has 8 nitrogen and oxygen atoms in total. The van der Waals surface area contributed by atoms with Gasteiger partial charge in [-0.25, -0.2) is 8.42 Å². The maximum absolute atomic E-state index is 14.3. The van der Waals surface area contributed by atoms with Crippen LogP contribution in [-0.4, -0.2) is 59.3 Å². The quantitative estimate of drug-likeness (QED) is 0.383. The van der Waals surface area contributed by atoms with Gasteiger partial charge >= 0.3 is 0 Å². The van der Waals surface area contributed by atoms with Gasteiger partial charge in [-0.15, -0.1) is 0 Å². The third kappa shape index (κ3) is 4.43. The largest absolute Gasteiger partial charge is 0.399 e. The second kappa shape index (κ2) is 8.20. The van der Waals surface area contributed by atoms with E-state index in [-0.39, 0.29) is 29.3 Å². The molecule has 4 aliphatic rings. The van der Waals surface area contributed by atoms with E-state index >= 15 is 0 Å². The summed E-state index contributed by atoms with van der Waals surface area (Å²) in [5.41, 5.74) is 17.9. The third-order valence-corrected chi connectivity index (χ3v) is 9.09. The summed E-state index contributed by atoms with van der Waals surface area (Å²) in [4.78, 5) is 0.573. The number of nitrogens with two attached hydrogens (primary N) is 2. The SMILES string of the molecule is Cc1cc(N)ccc1S(=O)(=O)c1c(CC2CO2)c(N)c(CC2CO2)c(CC2CO2)c1CC1CO1. The number of rotatable bonds is 10. The van der Waals surface area contributed by atoms with Crippen LogP contribution in [0, 0.1) is 6.92 Å². The molecule has 0 radical (unpaired) electrons. The smallest absolute Gasteiger partial charge is 0.207 e. The summed E-state index contributed by atoms with van der Waals surface area (Å²) >= 11 is 0. The van der Waals surface area contributed by atoms with Crippen LogP contribution in [0.25, 0.3) is 0 Å². The average Bonchev–Trinajstić information content (AvgIpc) is 3.58. The molecular weight excluding hydrogens is 456 g/mol. The first-order valence-corrected chi connectivity index (χ1v) is 13.3. The molecule has 2 aromatic rings. The van der Waals surface area contributed by atoms with Crippen molar-refractivity contribution < 1.29 is 27.4 Å². The van der Waals surface area contributed by atoms with Gasteiger partial charge in [0.05, 0.1) is 60.6 Å². The van der Waals surface area contributed by atoms with Gasteiger partial charge in [-0.05, 0) is 52.9 Å². The fraction of sp³-hybridized carbons (Fsp3) is 0.520. The van der Waals surface area contributed by atoms with Crippen molar-refractivity contribution in [2.75, 3.05) is 37.9 Å². The number of sulfone groups is 1. The van der Waals surface area contributed by atoms with Crippen LogP contribution in [0.15, 0.2) is 28.0 Å². The molecule has 9 heteroatoms. The molecule has 2 aromatic carbocycles. The van der Waals surface area contributed by atoms with Gasteiger partial charge in [0.2, 0.25) is 9.84 Å². The second-order valence-corrected chi connectivity index (χ2v) is 11.7. The van der Waals surface area contributed by atoms with Crippen LogP contribution in [0.4, 0.5) is 11.4 Å². The highest BCUT2D eigenvalue weighted by Crippen LogP contribution is 2.43. The van der Waals surface area contributed by atoms with Gasteiger partial charge < -0.3 is 30.4 Å². The summed E-state index contributed by atoms with van der Waals surface area (Å²) in [7, 11) is -3.89. The van der Waals surface area contributed by atoms with E-state index in [1.54, 1.807) is 25.1 Å². The lowest BCUT2D eigenvalue weighted by molar-refractivity contribution is 0.396. The molecule has 4 heterocycles. The Morgan fingerprint density at radius 2 is 1.24 bits per heavy atom. The lowest BCUT2D eigenvalue weighted by atomic mass is 9.87. The standard InChI is InChI=1S/C25H30N2O6S/c1-13-4-14(26)2-3-23(13)34(28,29)25-21(7-17-11-32-17)19(5-15-9-30-15)20(6-16-10-31-16)24(27)22(25)8-18-12-33-18/h2-4,15-18H,5-12,26-27H2,1H3. The number of hydrogen-bond donors (Lipinski definition) is 2. The van der Waals surface area contributed by atoms with Crippen molar-refractivity contribution in [3.05, 3.63) is 46.0 Å². The van der Waals surface area contributed by atoms with Crippen LogP contribution in [0.1, 0.15) is 27.8 Å². The Kier molecular flexibility index (Phi) is 5.38. The van der Waals surface area contributed by atoms with E-state index in [1.807, 2.05) is 0 Å². The monoisotopic (exact) mass is 486 g/mol. The van der Waals surface area contributed by atoms with Crippen LogP contribution in [0.2, 0.25) is 0 Å². The van der Waals surface area contributed by atoms with Crippen molar-refractivity contribution in [1.29, 1.82) is 0 Å². The number of epoxide rings is 4. The third-order valence-electron chi connectivity index (χ3n) is 7.02. The summed E-state index contributed by atoms with van der Waals surface area (Å²) in [5.74, 6) is 0. The normalized spacial score (nSPS) is 27.0. The Bertz CT molecular complexity index is 1240. The van der Waals surface area contributed by atoms with Gasteiger partial charge in [-0.2, -0.15) is 0 Å². The van der Waals surface area contributed by atoms with Crippen molar-refractivity contribution in [3.8, 4) is 0 Å². The van der Waals surface area contributed by atoms with E-state index < -0.39 is 9.84 Å². The minimum Gasteiger partial charge on any atom is -0.399 e. The van der Waals surface area contributed by atoms with Gasteiger partial charge in [0.1, 0.15) is 0 Å². The predicted octanol–water partition coefficient (Wildman–Crippen LogP) is 1.76. The molecule has 4 fully saturated rings. The molecule has 0 spiro atoms. The van der Waals surface area contributed by atoms with Gasteiger partial charge in [-0.3, -0.25) is 0 Å². The number of nitrogen functional groups attached to an aromatic ring is 2. The molecule has 4 N–H and O–H groups in total. The van der Waals surface area contributed by atoms with E-state index in [1.165, 1.54) is 0 Å². The Labute approximate surface area is 199 Å². The Morgan fingerprint density at radius 3 is 1.74 bits per heavy atom. The fourth-order valence-electron chi connectivity index (χ4n) is 4.93. The van der Waals surface area contributed by atoms with Gasteiger partial charge in [0.25, 0.3) is 0 Å². The van der Waals surface area contributed by atoms with Gasteiger partial charge in [0.15, 0.2) is 0 Å². The number of aryl methyl sites for hydroxylation is 1. The molecule has 0 aromatic heterocycles. The highest BCUT2D eigenvalue weighted by atomic mass is 32.2. The summed E-state index contributed by atoms with van der Waals surface area (Å²) < 4.78 is 50.8. The molecule has 0 bridgehead atoms. The van der Waals surface area contributed by atoms with E-state index in [2.05, 4.69) is 0 Å². The summed E-state index contributed by atoms with van der Waals surface area (Å²) in [6, 6.07) is 4.93. The molecule has 4 aliphatic heterocycles. The molecule has 0 saturated carbocycles. The first-order chi connectivity index (χ1) is 16.3. The maximum Gasteiger partial charge on any atom is 0.207 e. The minimum atomic E-state index is -3.89. The number of hydrogen-bond acceptors (Lipinski definition) is 8. The van der Waals surface area contributed by atoms with E-state index in [4.69, 9.17) is 30.4 Å². The Hall–Kier alpha value is -2.17. The van der Waals surface area contributed by atoms with Crippen molar-refractivity contribution >= 4 is 21.2 Å². The second-order valence-electron chi connectivity index (χ2n) is 9.82. The van der Waals surface area contributed by atoms with Gasteiger partial charge in [0, 0.05) is 37.1 Å². The van der Waals surface area contributed by atoms with E-state index in [0.29, 0.717) is 79.5 Å².